The Bertz CT molecular complexity index is 779. The molecule has 0 radical (unpaired) electrons. The van der Waals surface area contributed by atoms with Crippen LogP contribution in [0.3, 0.4) is 0 Å². The van der Waals surface area contributed by atoms with E-state index in [4.69, 9.17) is 5.26 Å². The van der Waals surface area contributed by atoms with E-state index in [1.807, 2.05) is 0 Å². The van der Waals surface area contributed by atoms with Gasteiger partial charge in [-0.3, -0.25) is 4.68 Å². The van der Waals surface area contributed by atoms with Crippen LogP contribution in [-0.2, 0) is 7.05 Å². The van der Waals surface area contributed by atoms with Crippen LogP contribution >= 0.6 is 0 Å². The summed E-state index contributed by atoms with van der Waals surface area (Å²) in [6.07, 6.45) is -1.49. The SMILES string of the molecule is Cn1cc(NC(=O)Nc2ccc(OCC(F)(F)F)c(C#N)c2)cn1. The Morgan fingerprint density at radius 2 is 2.08 bits per heavy atom. The van der Waals surface area contributed by atoms with E-state index < -0.39 is 18.8 Å². The number of urea groups is 1. The number of amides is 2. The fourth-order valence-corrected chi connectivity index (χ4v) is 1.76. The van der Waals surface area contributed by atoms with Crippen LogP contribution in [0.2, 0.25) is 0 Å². The van der Waals surface area contributed by atoms with Crippen LogP contribution in [0.4, 0.5) is 29.3 Å². The predicted molar refractivity (Wildman–Crippen MR) is 78.6 cm³/mol. The zero-order valence-electron chi connectivity index (χ0n) is 12.4. The molecule has 0 saturated carbocycles. The quantitative estimate of drug-likeness (QED) is 0.896. The number of carbonyl (C=O) groups is 1. The fraction of sp³-hybridized carbons (Fsp3) is 0.214. The molecule has 0 saturated heterocycles. The van der Waals surface area contributed by atoms with E-state index in [-0.39, 0.29) is 17.0 Å². The summed E-state index contributed by atoms with van der Waals surface area (Å²) in [4.78, 5) is 11.8. The number of nitriles is 1. The molecular formula is C14H12F3N5O2. The molecule has 126 valence electrons. The molecule has 2 rings (SSSR count). The summed E-state index contributed by atoms with van der Waals surface area (Å²) >= 11 is 0. The number of anilines is 2. The molecular weight excluding hydrogens is 327 g/mol. The number of hydrogen-bond acceptors (Lipinski definition) is 4. The van der Waals surface area contributed by atoms with Crippen LogP contribution in [0, 0.1) is 11.3 Å². The molecule has 2 amide bonds. The van der Waals surface area contributed by atoms with E-state index in [9.17, 15) is 18.0 Å². The second-order valence-electron chi connectivity index (χ2n) is 4.71. The lowest BCUT2D eigenvalue weighted by Crippen LogP contribution is -2.20. The highest BCUT2D eigenvalue weighted by molar-refractivity contribution is 5.99. The molecule has 1 heterocycles. The number of carbonyl (C=O) groups excluding carboxylic acids is 1. The van der Waals surface area contributed by atoms with Crippen molar-refractivity contribution in [1.29, 1.82) is 5.26 Å². The summed E-state index contributed by atoms with van der Waals surface area (Å²) in [5.74, 6) is -0.215. The maximum Gasteiger partial charge on any atom is 0.422 e. The lowest BCUT2D eigenvalue weighted by molar-refractivity contribution is -0.153. The molecule has 1 aromatic heterocycles. The first-order valence-corrected chi connectivity index (χ1v) is 6.57. The molecule has 2 N–H and O–H groups in total. The number of benzene rings is 1. The Balaban J connectivity index is 2.03. The van der Waals surface area contributed by atoms with Gasteiger partial charge in [0.15, 0.2) is 6.61 Å². The predicted octanol–water partition coefficient (Wildman–Crippen LogP) is 2.88. The molecule has 0 fully saturated rings. The number of nitrogens with one attached hydrogen (secondary N) is 2. The van der Waals surface area contributed by atoms with E-state index in [1.54, 1.807) is 19.3 Å². The van der Waals surface area contributed by atoms with Gasteiger partial charge in [0.1, 0.15) is 11.8 Å². The van der Waals surface area contributed by atoms with Crippen LogP contribution in [0.25, 0.3) is 0 Å². The second-order valence-corrected chi connectivity index (χ2v) is 4.71. The highest BCUT2D eigenvalue weighted by atomic mass is 19.4. The third-order valence-corrected chi connectivity index (χ3v) is 2.71. The van der Waals surface area contributed by atoms with Gasteiger partial charge in [0.25, 0.3) is 0 Å². The van der Waals surface area contributed by atoms with Crippen LogP contribution in [0.15, 0.2) is 30.6 Å². The third kappa shape index (κ3) is 4.91. The summed E-state index contributed by atoms with van der Waals surface area (Å²) < 4.78 is 42.5. The van der Waals surface area contributed by atoms with Crippen molar-refractivity contribution in [2.75, 3.05) is 17.2 Å². The topological polar surface area (TPSA) is 92.0 Å². The van der Waals surface area contributed by atoms with Crippen LogP contribution in [0.5, 0.6) is 5.75 Å². The number of aromatic nitrogens is 2. The Kier molecular flexibility index (Phi) is 4.93. The van der Waals surface area contributed by atoms with Crippen LogP contribution in [-0.4, -0.2) is 28.6 Å². The molecule has 0 aliphatic carbocycles. The molecule has 0 aliphatic heterocycles. The maximum atomic E-state index is 12.2. The minimum absolute atomic E-state index is 0.126. The molecule has 2 aromatic rings. The van der Waals surface area contributed by atoms with Crippen molar-refractivity contribution in [2.45, 2.75) is 6.18 Å². The lowest BCUT2D eigenvalue weighted by atomic mass is 10.2. The van der Waals surface area contributed by atoms with Gasteiger partial charge >= 0.3 is 12.2 Å². The van der Waals surface area contributed by atoms with Gasteiger partial charge in [0.05, 0.1) is 17.4 Å². The van der Waals surface area contributed by atoms with E-state index in [0.29, 0.717) is 5.69 Å². The zero-order valence-corrected chi connectivity index (χ0v) is 12.4. The van der Waals surface area contributed by atoms with Crippen molar-refractivity contribution in [1.82, 2.24) is 9.78 Å². The zero-order chi connectivity index (χ0) is 17.7. The Hall–Kier alpha value is -3.22. The first kappa shape index (κ1) is 17.1. The smallest absolute Gasteiger partial charge is 0.422 e. The minimum atomic E-state index is -4.51. The van der Waals surface area contributed by atoms with Crippen molar-refractivity contribution in [3.8, 4) is 11.8 Å². The van der Waals surface area contributed by atoms with Crippen molar-refractivity contribution in [2.24, 2.45) is 7.05 Å². The second kappa shape index (κ2) is 6.91. The van der Waals surface area contributed by atoms with Crippen molar-refractivity contribution >= 4 is 17.4 Å². The van der Waals surface area contributed by atoms with Gasteiger partial charge in [-0.25, -0.2) is 4.79 Å². The Morgan fingerprint density at radius 1 is 1.38 bits per heavy atom. The lowest BCUT2D eigenvalue weighted by Gasteiger charge is -2.12. The monoisotopic (exact) mass is 339 g/mol. The summed E-state index contributed by atoms with van der Waals surface area (Å²) in [7, 11) is 1.68. The highest BCUT2D eigenvalue weighted by Crippen LogP contribution is 2.25. The van der Waals surface area contributed by atoms with Gasteiger partial charge < -0.3 is 15.4 Å². The van der Waals surface area contributed by atoms with E-state index in [1.165, 1.54) is 29.1 Å². The van der Waals surface area contributed by atoms with Gasteiger partial charge in [-0.1, -0.05) is 0 Å². The van der Waals surface area contributed by atoms with Crippen LogP contribution < -0.4 is 15.4 Å². The van der Waals surface area contributed by atoms with Gasteiger partial charge in [-0.05, 0) is 18.2 Å². The molecule has 0 spiro atoms. The van der Waals surface area contributed by atoms with Gasteiger partial charge in [0, 0.05) is 18.9 Å². The number of alkyl halides is 3. The molecule has 0 bridgehead atoms. The first-order chi connectivity index (χ1) is 11.3. The Morgan fingerprint density at radius 3 is 2.67 bits per heavy atom. The summed E-state index contributed by atoms with van der Waals surface area (Å²) in [5, 5.41) is 17.8. The molecule has 24 heavy (non-hydrogen) atoms. The molecule has 0 aliphatic rings. The number of ether oxygens (including phenoxy) is 1. The molecule has 1 aromatic carbocycles. The summed E-state index contributed by atoms with van der Waals surface area (Å²) in [6, 6.07) is 4.86. The van der Waals surface area contributed by atoms with Gasteiger partial charge in [-0.15, -0.1) is 0 Å². The number of aryl methyl sites for hydroxylation is 1. The van der Waals surface area contributed by atoms with Crippen molar-refractivity contribution in [3.63, 3.8) is 0 Å². The number of hydrogen-bond donors (Lipinski definition) is 2. The first-order valence-electron chi connectivity index (χ1n) is 6.57. The largest absolute Gasteiger partial charge is 0.483 e. The maximum absolute atomic E-state index is 12.2. The summed E-state index contributed by atoms with van der Waals surface area (Å²) in [5.41, 5.74) is 0.561. The van der Waals surface area contributed by atoms with Crippen LogP contribution in [0.1, 0.15) is 5.56 Å². The van der Waals surface area contributed by atoms with Gasteiger partial charge in [0.2, 0.25) is 0 Å². The third-order valence-electron chi connectivity index (χ3n) is 2.71. The van der Waals surface area contributed by atoms with E-state index in [2.05, 4.69) is 20.5 Å². The van der Waals surface area contributed by atoms with Crippen molar-refractivity contribution in [3.05, 3.63) is 36.2 Å². The average Bonchev–Trinajstić information content (AvgIpc) is 2.89. The average molecular weight is 339 g/mol. The number of nitrogens with zero attached hydrogens (tertiary/aromatic N) is 3. The number of rotatable bonds is 4. The molecule has 7 nitrogen and oxygen atoms in total. The highest BCUT2D eigenvalue weighted by Gasteiger charge is 2.28. The number of halogens is 3. The molecule has 0 unspecified atom stereocenters. The minimum Gasteiger partial charge on any atom is -0.483 e. The fourth-order valence-electron chi connectivity index (χ4n) is 1.76. The molecule has 0 atom stereocenters. The van der Waals surface area contributed by atoms with E-state index >= 15 is 0 Å². The van der Waals surface area contributed by atoms with E-state index in [0.717, 1.165) is 0 Å². The van der Waals surface area contributed by atoms with Gasteiger partial charge in [-0.2, -0.15) is 23.5 Å². The molecule has 10 heteroatoms. The summed E-state index contributed by atoms with van der Waals surface area (Å²) in [6.45, 7) is -1.50. The standard InChI is InChI=1S/C14H12F3N5O2/c1-22-7-11(6-19-22)21-13(23)20-10-2-3-12(9(4-10)5-18)24-8-14(15,16)17/h2-4,6-7H,8H2,1H3,(H2,20,21,23). The van der Waals surface area contributed by atoms with Crippen molar-refractivity contribution < 1.29 is 22.7 Å². The Labute approximate surface area is 134 Å². The normalized spacial score (nSPS) is 10.8.